The zero-order valence-electron chi connectivity index (χ0n) is 18.3. The second-order valence-electron chi connectivity index (χ2n) is 8.49. The normalized spacial score (nSPS) is 12.7. The lowest BCUT2D eigenvalue weighted by atomic mass is 9.92. The Morgan fingerprint density at radius 3 is 2.72 bits per heavy atom. The summed E-state index contributed by atoms with van der Waals surface area (Å²) in [5, 5.41) is 8.64. The fraction of sp³-hybridized carbons (Fsp3) is 0.478. The van der Waals surface area contributed by atoms with E-state index in [1.54, 1.807) is 11.6 Å². The van der Waals surface area contributed by atoms with Crippen molar-refractivity contribution in [3.05, 3.63) is 47.8 Å². The van der Waals surface area contributed by atoms with Crippen molar-refractivity contribution in [2.45, 2.75) is 46.6 Å². The number of hydroxylamine groups is 1. The van der Waals surface area contributed by atoms with Crippen molar-refractivity contribution in [3.63, 3.8) is 0 Å². The van der Waals surface area contributed by atoms with Crippen LogP contribution >= 0.6 is 0 Å². The number of carbonyl (C=O) groups is 1. The summed E-state index contributed by atoms with van der Waals surface area (Å²) in [6.07, 6.45) is 10.3. The third-order valence-corrected chi connectivity index (χ3v) is 4.66. The molecule has 0 spiro atoms. The number of imidazole rings is 1. The summed E-state index contributed by atoms with van der Waals surface area (Å²) in [7, 11) is 4.21. The average molecular weight is 399 g/mol. The summed E-state index contributed by atoms with van der Waals surface area (Å²) >= 11 is 0. The Morgan fingerprint density at radius 1 is 1.31 bits per heavy atom. The van der Waals surface area contributed by atoms with Gasteiger partial charge in [0.2, 0.25) is 0 Å². The largest absolute Gasteiger partial charge is 0.327 e. The summed E-state index contributed by atoms with van der Waals surface area (Å²) in [5.41, 5.74) is 4.60. The van der Waals surface area contributed by atoms with E-state index >= 15 is 0 Å². The Morgan fingerprint density at radius 2 is 2.07 bits per heavy atom. The van der Waals surface area contributed by atoms with E-state index < -0.39 is 5.91 Å². The first-order valence-corrected chi connectivity index (χ1v) is 10.2. The van der Waals surface area contributed by atoms with Crippen LogP contribution in [0.2, 0.25) is 0 Å². The number of hydrogen-bond acceptors (Lipinski definition) is 4. The SMILES string of the molecule is CCC=CCCc1nc2cc(/C=C/C(=O)NO)ccc2n1CC(C)(C)CN(C)C. The van der Waals surface area contributed by atoms with E-state index in [1.807, 2.05) is 12.1 Å². The lowest BCUT2D eigenvalue weighted by molar-refractivity contribution is -0.124. The van der Waals surface area contributed by atoms with Gasteiger partial charge in [-0.1, -0.05) is 39.0 Å². The van der Waals surface area contributed by atoms with Crippen molar-refractivity contribution in [1.29, 1.82) is 0 Å². The second-order valence-corrected chi connectivity index (χ2v) is 8.49. The number of amides is 1. The molecule has 2 rings (SSSR count). The molecular formula is C23H34N4O2. The number of carbonyl (C=O) groups excluding carboxylic acids is 1. The molecule has 0 bridgehead atoms. The highest BCUT2D eigenvalue weighted by molar-refractivity contribution is 5.91. The maximum absolute atomic E-state index is 11.2. The number of hydrogen-bond donors (Lipinski definition) is 2. The highest BCUT2D eigenvalue weighted by atomic mass is 16.5. The van der Waals surface area contributed by atoms with Crippen LogP contribution in [0.4, 0.5) is 0 Å². The van der Waals surface area contributed by atoms with Crippen LogP contribution in [0.5, 0.6) is 0 Å². The third kappa shape index (κ3) is 6.84. The first-order chi connectivity index (χ1) is 13.8. The Bertz CT molecular complexity index is 878. The predicted octanol–water partition coefficient (Wildman–Crippen LogP) is 4.04. The van der Waals surface area contributed by atoms with Gasteiger partial charge in [-0.05, 0) is 56.1 Å². The molecule has 0 radical (unpaired) electrons. The molecule has 0 aliphatic carbocycles. The molecule has 1 aromatic carbocycles. The Hall–Kier alpha value is -2.44. The van der Waals surface area contributed by atoms with Crippen LogP contribution in [0.3, 0.4) is 0 Å². The second kappa shape index (κ2) is 10.4. The molecule has 158 valence electrons. The van der Waals surface area contributed by atoms with Crippen molar-refractivity contribution in [3.8, 4) is 0 Å². The molecule has 0 unspecified atom stereocenters. The topological polar surface area (TPSA) is 70.4 Å². The minimum absolute atomic E-state index is 0.100. The number of nitrogens with zero attached hydrogens (tertiary/aromatic N) is 3. The standard InChI is InChI=1S/C23H34N4O2/c1-6-7-8-9-10-21-24-19-15-18(12-14-22(28)25-29)11-13-20(19)27(21)17-23(2,3)16-26(4)5/h7-8,11-15,29H,6,9-10,16-17H2,1-5H3,(H,25,28)/b8-7?,14-12+. The zero-order chi connectivity index (χ0) is 21.4. The fourth-order valence-electron chi connectivity index (χ4n) is 3.71. The van der Waals surface area contributed by atoms with E-state index in [-0.39, 0.29) is 5.41 Å². The average Bonchev–Trinajstić information content (AvgIpc) is 2.98. The van der Waals surface area contributed by atoms with Crippen LogP contribution in [0.15, 0.2) is 36.4 Å². The van der Waals surface area contributed by atoms with Gasteiger partial charge in [-0.2, -0.15) is 0 Å². The maximum Gasteiger partial charge on any atom is 0.267 e. The van der Waals surface area contributed by atoms with Crippen LogP contribution < -0.4 is 5.48 Å². The van der Waals surface area contributed by atoms with Gasteiger partial charge in [0.25, 0.3) is 5.91 Å². The van der Waals surface area contributed by atoms with Gasteiger partial charge in [0, 0.05) is 25.6 Å². The van der Waals surface area contributed by atoms with Crippen LogP contribution in [0, 0.1) is 5.41 Å². The van der Waals surface area contributed by atoms with E-state index in [4.69, 9.17) is 10.2 Å². The number of aromatic nitrogens is 2. The number of fused-ring (bicyclic) bond motifs is 1. The van der Waals surface area contributed by atoms with Gasteiger partial charge < -0.3 is 9.47 Å². The summed E-state index contributed by atoms with van der Waals surface area (Å²) in [6, 6.07) is 6.02. The first kappa shape index (κ1) is 22.8. The Kier molecular flexibility index (Phi) is 8.17. The van der Waals surface area contributed by atoms with Gasteiger partial charge in [0.15, 0.2) is 0 Å². The Balaban J connectivity index is 2.39. The van der Waals surface area contributed by atoms with E-state index in [9.17, 15) is 4.79 Å². The Labute approximate surface area is 173 Å². The van der Waals surface area contributed by atoms with E-state index in [2.05, 4.69) is 62.6 Å². The molecule has 0 saturated carbocycles. The van der Waals surface area contributed by atoms with Crippen LogP contribution in [0.25, 0.3) is 17.1 Å². The van der Waals surface area contributed by atoms with Gasteiger partial charge in [-0.3, -0.25) is 10.0 Å². The lowest BCUT2D eigenvalue weighted by Gasteiger charge is -2.29. The highest BCUT2D eigenvalue weighted by Crippen LogP contribution is 2.26. The van der Waals surface area contributed by atoms with Crippen molar-refractivity contribution < 1.29 is 10.0 Å². The molecule has 6 heteroatoms. The van der Waals surface area contributed by atoms with Crippen molar-refractivity contribution >= 4 is 23.0 Å². The number of benzene rings is 1. The molecular weight excluding hydrogens is 364 g/mol. The minimum atomic E-state index is -0.551. The molecule has 1 aromatic heterocycles. The number of rotatable bonds is 10. The number of nitrogens with one attached hydrogen (secondary N) is 1. The van der Waals surface area contributed by atoms with Gasteiger partial charge in [-0.15, -0.1) is 0 Å². The summed E-state index contributed by atoms with van der Waals surface area (Å²) in [5.74, 6) is 0.534. The molecule has 1 amide bonds. The van der Waals surface area contributed by atoms with Crippen LogP contribution in [-0.2, 0) is 17.8 Å². The molecule has 0 aliphatic heterocycles. The molecule has 2 N–H and O–H groups in total. The minimum Gasteiger partial charge on any atom is -0.327 e. The van der Waals surface area contributed by atoms with Crippen LogP contribution in [-0.4, -0.2) is 46.2 Å². The summed E-state index contributed by atoms with van der Waals surface area (Å²) < 4.78 is 2.34. The number of allylic oxidation sites excluding steroid dienone is 2. The van der Waals surface area contributed by atoms with Gasteiger partial charge in [-0.25, -0.2) is 10.5 Å². The molecule has 1 heterocycles. The fourth-order valence-corrected chi connectivity index (χ4v) is 3.71. The highest BCUT2D eigenvalue weighted by Gasteiger charge is 2.22. The smallest absolute Gasteiger partial charge is 0.267 e. The molecule has 0 atom stereocenters. The van der Waals surface area contributed by atoms with Crippen molar-refractivity contribution in [1.82, 2.24) is 19.9 Å². The van der Waals surface area contributed by atoms with Crippen LogP contribution in [0.1, 0.15) is 45.0 Å². The van der Waals surface area contributed by atoms with E-state index in [0.29, 0.717) is 0 Å². The third-order valence-electron chi connectivity index (χ3n) is 4.66. The van der Waals surface area contributed by atoms with E-state index in [1.165, 1.54) is 6.08 Å². The van der Waals surface area contributed by atoms with E-state index in [0.717, 1.165) is 54.8 Å². The number of aryl methyl sites for hydroxylation is 1. The van der Waals surface area contributed by atoms with Crippen molar-refractivity contribution in [2.75, 3.05) is 20.6 Å². The van der Waals surface area contributed by atoms with Gasteiger partial charge >= 0.3 is 0 Å². The zero-order valence-corrected chi connectivity index (χ0v) is 18.3. The molecule has 0 aliphatic rings. The van der Waals surface area contributed by atoms with Gasteiger partial charge in [0.05, 0.1) is 11.0 Å². The van der Waals surface area contributed by atoms with Gasteiger partial charge in [0.1, 0.15) is 5.82 Å². The molecule has 6 nitrogen and oxygen atoms in total. The van der Waals surface area contributed by atoms with Crippen molar-refractivity contribution in [2.24, 2.45) is 5.41 Å². The molecule has 29 heavy (non-hydrogen) atoms. The molecule has 2 aromatic rings. The summed E-state index contributed by atoms with van der Waals surface area (Å²) in [4.78, 5) is 18.4. The lowest BCUT2D eigenvalue weighted by Crippen LogP contribution is -2.32. The monoisotopic (exact) mass is 398 g/mol. The molecule has 0 saturated heterocycles. The quantitative estimate of drug-likeness (QED) is 0.274. The predicted molar refractivity (Wildman–Crippen MR) is 119 cm³/mol. The first-order valence-electron chi connectivity index (χ1n) is 10.2. The maximum atomic E-state index is 11.2. The molecule has 0 fully saturated rings. The summed E-state index contributed by atoms with van der Waals surface area (Å²) in [6.45, 7) is 8.57.